The van der Waals surface area contributed by atoms with Gasteiger partial charge in [-0.1, -0.05) is 48.5 Å². The number of likely N-dealkylation sites (tertiary alicyclic amines) is 1. The number of carbonyl (C=O) groups is 3. The molecule has 1 spiro atoms. The number of aliphatic hydroxyl groups excluding tert-OH is 1. The van der Waals surface area contributed by atoms with Gasteiger partial charge in [0.25, 0.3) is 0 Å². The SMILES string of the molecule is CC(C)(C)NC(=O)C1N([C@H](CO)c2ccccc2)C(=O)[C@@H]2[C@H](C(=O)Nc3ccccc3)[C@@H]3CCC12O3. The van der Waals surface area contributed by atoms with Crippen molar-refractivity contribution in [3.05, 3.63) is 66.2 Å². The normalized spacial score (nSPS) is 29.7. The van der Waals surface area contributed by atoms with Crippen LogP contribution in [0.1, 0.15) is 45.2 Å². The molecule has 3 fully saturated rings. The zero-order valence-corrected chi connectivity index (χ0v) is 20.8. The van der Waals surface area contributed by atoms with Crippen LogP contribution < -0.4 is 10.6 Å². The summed E-state index contributed by atoms with van der Waals surface area (Å²) in [5.41, 5.74) is -0.306. The largest absolute Gasteiger partial charge is 0.394 e. The van der Waals surface area contributed by atoms with E-state index in [-0.39, 0.29) is 24.3 Å². The fraction of sp³-hybridized carbons (Fsp3) is 0.464. The second-order valence-corrected chi connectivity index (χ2v) is 11.0. The molecule has 0 aliphatic carbocycles. The molecule has 3 amide bonds. The van der Waals surface area contributed by atoms with E-state index < -0.39 is 41.2 Å². The molecule has 2 aromatic rings. The van der Waals surface area contributed by atoms with Gasteiger partial charge in [-0.25, -0.2) is 0 Å². The highest BCUT2D eigenvalue weighted by Crippen LogP contribution is 2.59. The number of para-hydroxylation sites is 1. The first-order valence-electron chi connectivity index (χ1n) is 12.5. The van der Waals surface area contributed by atoms with Gasteiger partial charge in [-0.2, -0.15) is 0 Å². The molecule has 3 saturated heterocycles. The minimum Gasteiger partial charge on any atom is -0.394 e. The Hall–Kier alpha value is -3.23. The molecule has 0 radical (unpaired) electrons. The van der Waals surface area contributed by atoms with Gasteiger partial charge in [0.1, 0.15) is 11.6 Å². The predicted molar refractivity (Wildman–Crippen MR) is 134 cm³/mol. The van der Waals surface area contributed by atoms with E-state index in [0.717, 1.165) is 5.56 Å². The summed E-state index contributed by atoms with van der Waals surface area (Å²) in [7, 11) is 0. The van der Waals surface area contributed by atoms with E-state index in [2.05, 4.69) is 10.6 Å². The number of ether oxygens (including phenoxy) is 1. The quantitative estimate of drug-likeness (QED) is 0.576. The number of hydrogen-bond donors (Lipinski definition) is 3. The molecule has 3 heterocycles. The molecule has 3 N–H and O–H groups in total. The third-order valence-corrected chi connectivity index (χ3v) is 7.52. The maximum absolute atomic E-state index is 14.2. The molecule has 5 rings (SSSR count). The number of nitrogens with one attached hydrogen (secondary N) is 2. The first-order valence-corrected chi connectivity index (χ1v) is 12.5. The number of hydrogen-bond acceptors (Lipinski definition) is 5. The van der Waals surface area contributed by atoms with Gasteiger partial charge in [0, 0.05) is 11.2 Å². The molecule has 8 heteroatoms. The highest BCUT2D eigenvalue weighted by molar-refractivity contribution is 6.02. The maximum atomic E-state index is 14.2. The fourth-order valence-electron chi connectivity index (χ4n) is 6.24. The summed E-state index contributed by atoms with van der Waals surface area (Å²) < 4.78 is 6.47. The predicted octanol–water partition coefficient (Wildman–Crippen LogP) is 2.65. The van der Waals surface area contributed by atoms with Gasteiger partial charge in [-0.3, -0.25) is 14.4 Å². The Kier molecular flexibility index (Phi) is 6.12. The van der Waals surface area contributed by atoms with Crippen LogP contribution >= 0.6 is 0 Å². The summed E-state index contributed by atoms with van der Waals surface area (Å²) in [5, 5.41) is 16.4. The standard InChI is InChI=1S/C28H33N3O5/c1-27(2,3)30-25(34)23-28-15-14-20(36-28)21(24(33)29-18-12-8-5-9-13-18)22(28)26(35)31(23)19(16-32)17-10-6-4-7-11-17/h4-13,19-23,32H,14-16H2,1-3H3,(H,29,33)(H,30,34)/t19-,20+,21-,22+,23?,28?/m1/s1. The van der Waals surface area contributed by atoms with Crippen molar-refractivity contribution in [2.45, 2.75) is 62.9 Å². The Morgan fingerprint density at radius 3 is 2.33 bits per heavy atom. The van der Waals surface area contributed by atoms with E-state index in [9.17, 15) is 19.5 Å². The van der Waals surface area contributed by atoms with Crippen molar-refractivity contribution in [3.63, 3.8) is 0 Å². The zero-order chi connectivity index (χ0) is 25.7. The molecule has 190 valence electrons. The van der Waals surface area contributed by atoms with E-state index in [0.29, 0.717) is 18.5 Å². The van der Waals surface area contributed by atoms with Crippen molar-refractivity contribution >= 4 is 23.4 Å². The second kappa shape index (κ2) is 9.01. The highest BCUT2D eigenvalue weighted by atomic mass is 16.5. The maximum Gasteiger partial charge on any atom is 0.246 e. The highest BCUT2D eigenvalue weighted by Gasteiger charge is 2.75. The molecule has 36 heavy (non-hydrogen) atoms. The van der Waals surface area contributed by atoms with Gasteiger partial charge in [-0.15, -0.1) is 0 Å². The average molecular weight is 492 g/mol. The summed E-state index contributed by atoms with van der Waals surface area (Å²) in [6, 6.07) is 16.6. The zero-order valence-electron chi connectivity index (χ0n) is 20.8. The van der Waals surface area contributed by atoms with Gasteiger partial charge in [0.05, 0.1) is 30.6 Å². The first kappa shape index (κ1) is 24.5. The van der Waals surface area contributed by atoms with Crippen molar-refractivity contribution in [2.75, 3.05) is 11.9 Å². The monoisotopic (exact) mass is 491 g/mol. The van der Waals surface area contributed by atoms with Crippen molar-refractivity contribution in [1.82, 2.24) is 10.2 Å². The van der Waals surface area contributed by atoms with Gasteiger partial charge in [-0.05, 0) is 51.3 Å². The number of fused-ring (bicyclic) bond motifs is 1. The molecular weight excluding hydrogens is 458 g/mol. The second-order valence-electron chi connectivity index (χ2n) is 11.0. The van der Waals surface area contributed by atoms with Crippen molar-refractivity contribution < 1.29 is 24.2 Å². The number of amides is 3. The lowest BCUT2D eigenvalue weighted by molar-refractivity contribution is -0.146. The average Bonchev–Trinajstić information content (AvgIpc) is 3.48. The fourth-order valence-corrected chi connectivity index (χ4v) is 6.24. The van der Waals surface area contributed by atoms with E-state index in [1.807, 2.05) is 69.3 Å². The minimum absolute atomic E-state index is 0.289. The van der Waals surface area contributed by atoms with Crippen LogP contribution in [0, 0.1) is 11.8 Å². The first-order chi connectivity index (χ1) is 17.2. The number of rotatable bonds is 6. The Bertz CT molecular complexity index is 1150. The van der Waals surface area contributed by atoms with E-state index in [4.69, 9.17) is 4.74 Å². The third kappa shape index (κ3) is 3.98. The van der Waals surface area contributed by atoms with E-state index >= 15 is 0 Å². The molecule has 0 aromatic heterocycles. The van der Waals surface area contributed by atoms with Crippen LogP contribution in [-0.4, -0.2) is 57.6 Å². The topological polar surface area (TPSA) is 108 Å². The Morgan fingerprint density at radius 1 is 1.08 bits per heavy atom. The van der Waals surface area contributed by atoms with E-state index in [1.165, 1.54) is 4.90 Å². The van der Waals surface area contributed by atoms with Gasteiger partial charge >= 0.3 is 0 Å². The smallest absolute Gasteiger partial charge is 0.246 e. The lowest BCUT2D eigenvalue weighted by Gasteiger charge is -2.38. The van der Waals surface area contributed by atoms with Crippen molar-refractivity contribution in [3.8, 4) is 0 Å². The Balaban J connectivity index is 1.56. The van der Waals surface area contributed by atoms with Crippen LogP contribution in [0.15, 0.2) is 60.7 Å². The molecule has 3 aliphatic heterocycles. The summed E-state index contributed by atoms with van der Waals surface area (Å²) in [4.78, 5) is 42.9. The minimum atomic E-state index is -1.13. The van der Waals surface area contributed by atoms with Crippen LogP contribution in [-0.2, 0) is 19.1 Å². The van der Waals surface area contributed by atoms with Crippen LogP contribution in [0.3, 0.4) is 0 Å². The summed E-state index contributed by atoms with van der Waals surface area (Å²) >= 11 is 0. The van der Waals surface area contributed by atoms with E-state index in [1.54, 1.807) is 12.1 Å². The molecule has 0 saturated carbocycles. The third-order valence-electron chi connectivity index (χ3n) is 7.52. The summed E-state index contributed by atoms with van der Waals surface area (Å²) in [6.45, 7) is 5.28. The number of carbonyl (C=O) groups excluding carboxylic acids is 3. The molecule has 2 aromatic carbocycles. The molecule has 2 bridgehead atoms. The molecule has 8 nitrogen and oxygen atoms in total. The van der Waals surface area contributed by atoms with Crippen molar-refractivity contribution in [2.24, 2.45) is 11.8 Å². The van der Waals surface area contributed by atoms with Crippen molar-refractivity contribution in [1.29, 1.82) is 0 Å². The van der Waals surface area contributed by atoms with Gasteiger partial charge < -0.3 is 25.4 Å². The summed E-state index contributed by atoms with van der Waals surface area (Å²) in [5.74, 6) is -2.49. The number of nitrogens with zero attached hydrogens (tertiary/aromatic N) is 1. The molecule has 2 unspecified atom stereocenters. The van der Waals surface area contributed by atoms with Crippen LogP contribution in [0.4, 0.5) is 5.69 Å². The lowest BCUT2D eigenvalue weighted by Crippen LogP contribution is -2.59. The lowest BCUT2D eigenvalue weighted by atomic mass is 9.70. The van der Waals surface area contributed by atoms with Gasteiger partial charge in [0.2, 0.25) is 17.7 Å². The van der Waals surface area contributed by atoms with Gasteiger partial charge in [0.15, 0.2) is 0 Å². The van der Waals surface area contributed by atoms with Crippen LogP contribution in [0.2, 0.25) is 0 Å². The number of aliphatic hydroxyl groups is 1. The number of anilines is 1. The molecular formula is C28H33N3O5. The van der Waals surface area contributed by atoms with Crippen LogP contribution in [0.25, 0.3) is 0 Å². The molecule has 6 atom stereocenters. The molecule has 3 aliphatic rings. The Labute approximate surface area is 211 Å². The van der Waals surface area contributed by atoms with Crippen LogP contribution in [0.5, 0.6) is 0 Å². The number of benzene rings is 2. The summed E-state index contributed by atoms with van der Waals surface area (Å²) in [6.07, 6.45) is 0.632. The Morgan fingerprint density at radius 2 is 1.72 bits per heavy atom.